The van der Waals surface area contributed by atoms with E-state index in [2.05, 4.69) is 10.4 Å². The molecule has 0 fully saturated rings. The van der Waals surface area contributed by atoms with Gasteiger partial charge in [0.05, 0.1) is 16.3 Å². The van der Waals surface area contributed by atoms with Gasteiger partial charge in [-0.3, -0.25) is 19.7 Å². The monoisotopic (exact) mass is 394 g/mol. The van der Waals surface area contributed by atoms with Gasteiger partial charge in [-0.05, 0) is 31.2 Å². The number of nitro groups is 1. The Balaban J connectivity index is 1.57. The molecule has 2 heterocycles. The molecule has 10 heteroatoms. The van der Waals surface area contributed by atoms with Crippen LogP contribution in [0.4, 0.5) is 11.4 Å². The number of aromatic nitrogens is 2. The Kier molecular flexibility index (Phi) is 4.43. The molecule has 2 aromatic carbocycles. The lowest BCUT2D eigenvalue weighted by Crippen LogP contribution is -2.15. The average molecular weight is 394 g/mol. The van der Waals surface area contributed by atoms with Crippen LogP contribution in [0.2, 0.25) is 0 Å². The van der Waals surface area contributed by atoms with E-state index >= 15 is 0 Å². The molecule has 10 nitrogen and oxygen atoms in total. The van der Waals surface area contributed by atoms with E-state index in [0.717, 1.165) is 0 Å². The van der Waals surface area contributed by atoms with E-state index in [-0.39, 0.29) is 35.2 Å². The van der Waals surface area contributed by atoms with Crippen LogP contribution in [0.15, 0.2) is 48.7 Å². The number of fused-ring (bicyclic) bond motifs is 1. The summed E-state index contributed by atoms with van der Waals surface area (Å²) in [4.78, 5) is 34.8. The first-order valence-electron chi connectivity index (χ1n) is 8.49. The summed E-state index contributed by atoms with van der Waals surface area (Å²) < 4.78 is 12.0. The highest BCUT2D eigenvalue weighted by Gasteiger charge is 2.21. The minimum absolute atomic E-state index is 0.0431. The van der Waals surface area contributed by atoms with Crippen LogP contribution in [0.1, 0.15) is 27.8 Å². The Morgan fingerprint density at radius 3 is 2.48 bits per heavy atom. The maximum atomic E-state index is 12.6. The molecular weight excluding hydrogens is 380 g/mol. The number of nitrogens with zero attached hydrogens (tertiary/aromatic N) is 3. The Hall–Kier alpha value is -4.21. The molecule has 0 spiro atoms. The van der Waals surface area contributed by atoms with Gasteiger partial charge < -0.3 is 14.8 Å². The van der Waals surface area contributed by atoms with Crippen molar-refractivity contribution in [3.63, 3.8) is 0 Å². The lowest BCUT2D eigenvalue weighted by Gasteiger charge is -2.09. The second-order valence-corrected chi connectivity index (χ2v) is 6.18. The van der Waals surface area contributed by atoms with Gasteiger partial charge in [-0.25, -0.2) is 4.68 Å². The van der Waals surface area contributed by atoms with Gasteiger partial charge in [-0.1, -0.05) is 0 Å². The normalized spacial score (nSPS) is 11.9. The van der Waals surface area contributed by atoms with Gasteiger partial charge in [0.25, 0.3) is 11.6 Å². The van der Waals surface area contributed by atoms with Crippen molar-refractivity contribution in [3.05, 3.63) is 70.0 Å². The number of ether oxygens (including phenoxy) is 2. The zero-order valence-corrected chi connectivity index (χ0v) is 15.1. The third-order valence-corrected chi connectivity index (χ3v) is 4.29. The zero-order chi connectivity index (χ0) is 20.5. The molecular formula is C19H14N4O6. The standard InChI is InChI=1S/C19H14N4O6/c1-11(24)14-8-17-18(29-10-28-17)9-16(14)20-19(25)15-6-7-22(21-15)12-2-4-13(5-3-12)23(26)27/h2-9H,10H2,1H3,(H,20,25). The summed E-state index contributed by atoms with van der Waals surface area (Å²) in [6.45, 7) is 1.43. The quantitative estimate of drug-likeness (QED) is 0.400. The van der Waals surface area contributed by atoms with Crippen molar-refractivity contribution in [2.75, 3.05) is 12.1 Å². The molecule has 0 aliphatic carbocycles. The molecule has 0 saturated carbocycles. The maximum Gasteiger partial charge on any atom is 0.276 e. The smallest absolute Gasteiger partial charge is 0.276 e. The summed E-state index contributed by atoms with van der Waals surface area (Å²) in [5, 5.41) is 17.6. The highest BCUT2D eigenvalue weighted by molar-refractivity contribution is 6.08. The van der Waals surface area contributed by atoms with E-state index in [4.69, 9.17) is 9.47 Å². The number of carbonyl (C=O) groups excluding carboxylic acids is 2. The number of hydrogen-bond donors (Lipinski definition) is 1. The first kappa shape index (κ1) is 18.2. The van der Waals surface area contributed by atoms with Crippen LogP contribution in [-0.4, -0.2) is 33.2 Å². The highest BCUT2D eigenvalue weighted by Crippen LogP contribution is 2.37. The molecule has 4 rings (SSSR count). The molecule has 0 bridgehead atoms. The Morgan fingerprint density at radius 2 is 1.83 bits per heavy atom. The number of carbonyl (C=O) groups is 2. The van der Waals surface area contributed by atoms with E-state index < -0.39 is 10.8 Å². The van der Waals surface area contributed by atoms with Crippen LogP contribution in [-0.2, 0) is 0 Å². The summed E-state index contributed by atoms with van der Waals surface area (Å²) >= 11 is 0. The number of non-ortho nitro benzene ring substituents is 1. The van der Waals surface area contributed by atoms with Crippen molar-refractivity contribution in [3.8, 4) is 17.2 Å². The van der Waals surface area contributed by atoms with Crippen molar-refractivity contribution in [1.29, 1.82) is 0 Å². The number of ketones is 1. The molecule has 146 valence electrons. The SMILES string of the molecule is CC(=O)c1cc2c(cc1NC(=O)c1ccn(-c3ccc([N+](=O)[O-])cc3)n1)OCO2. The van der Waals surface area contributed by atoms with Crippen molar-refractivity contribution in [2.24, 2.45) is 0 Å². The lowest BCUT2D eigenvalue weighted by atomic mass is 10.1. The van der Waals surface area contributed by atoms with E-state index in [1.54, 1.807) is 6.20 Å². The molecule has 0 atom stereocenters. The first-order valence-corrected chi connectivity index (χ1v) is 8.49. The number of rotatable bonds is 5. The number of anilines is 1. The topological polar surface area (TPSA) is 126 Å². The van der Waals surface area contributed by atoms with Gasteiger partial charge in [0.2, 0.25) is 6.79 Å². The second-order valence-electron chi connectivity index (χ2n) is 6.18. The van der Waals surface area contributed by atoms with Crippen LogP contribution in [0.5, 0.6) is 11.5 Å². The minimum Gasteiger partial charge on any atom is -0.454 e. The molecule has 1 aliphatic heterocycles. The predicted molar refractivity (Wildman–Crippen MR) is 101 cm³/mol. The van der Waals surface area contributed by atoms with Gasteiger partial charge in [0.1, 0.15) is 0 Å². The third kappa shape index (κ3) is 3.50. The zero-order valence-electron chi connectivity index (χ0n) is 15.1. The predicted octanol–water partition coefficient (Wildman–Crippen LogP) is 2.96. The van der Waals surface area contributed by atoms with E-state index in [9.17, 15) is 19.7 Å². The molecule has 3 aromatic rings. The van der Waals surface area contributed by atoms with Gasteiger partial charge in [-0.2, -0.15) is 5.10 Å². The van der Waals surface area contributed by atoms with Gasteiger partial charge in [0.15, 0.2) is 23.0 Å². The van der Waals surface area contributed by atoms with Gasteiger partial charge in [0, 0.05) is 30.0 Å². The Bertz CT molecular complexity index is 1140. The lowest BCUT2D eigenvalue weighted by molar-refractivity contribution is -0.384. The van der Waals surface area contributed by atoms with Crippen LogP contribution >= 0.6 is 0 Å². The summed E-state index contributed by atoms with van der Waals surface area (Å²) in [7, 11) is 0. The van der Waals surface area contributed by atoms with Crippen LogP contribution in [0, 0.1) is 10.1 Å². The van der Waals surface area contributed by atoms with E-state index in [1.807, 2.05) is 0 Å². The van der Waals surface area contributed by atoms with Crippen LogP contribution in [0.25, 0.3) is 5.69 Å². The summed E-state index contributed by atoms with van der Waals surface area (Å²) in [6.07, 6.45) is 1.56. The van der Waals surface area contributed by atoms with E-state index in [0.29, 0.717) is 17.2 Å². The molecule has 29 heavy (non-hydrogen) atoms. The summed E-state index contributed by atoms with van der Waals surface area (Å²) in [6, 6.07) is 10.3. The molecule has 1 N–H and O–H groups in total. The number of nitrogens with one attached hydrogen (secondary N) is 1. The fourth-order valence-electron chi connectivity index (χ4n) is 2.84. The van der Waals surface area contributed by atoms with Crippen LogP contribution in [0.3, 0.4) is 0 Å². The van der Waals surface area contributed by atoms with E-state index in [1.165, 1.54) is 54.1 Å². The fourth-order valence-corrected chi connectivity index (χ4v) is 2.84. The van der Waals surface area contributed by atoms with Crippen molar-refractivity contribution in [1.82, 2.24) is 9.78 Å². The Morgan fingerprint density at radius 1 is 1.14 bits per heavy atom. The van der Waals surface area contributed by atoms with Crippen molar-refractivity contribution in [2.45, 2.75) is 6.92 Å². The van der Waals surface area contributed by atoms with Crippen molar-refractivity contribution < 1.29 is 24.0 Å². The number of amides is 1. The Labute approximate surface area is 163 Å². The molecule has 0 radical (unpaired) electrons. The molecule has 0 unspecified atom stereocenters. The van der Waals surface area contributed by atoms with Crippen molar-refractivity contribution >= 4 is 23.1 Å². The molecule has 1 amide bonds. The number of nitro benzene ring substituents is 1. The fraction of sp³-hybridized carbons (Fsp3) is 0.105. The highest BCUT2D eigenvalue weighted by atomic mass is 16.7. The molecule has 1 aromatic heterocycles. The largest absolute Gasteiger partial charge is 0.454 e. The summed E-state index contributed by atoms with van der Waals surface area (Å²) in [5.41, 5.74) is 1.20. The van der Waals surface area contributed by atoms with Crippen LogP contribution < -0.4 is 14.8 Å². The maximum absolute atomic E-state index is 12.6. The summed E-state index contributed by atoms with van der Waals surface area (Å²) in [5.74, 6) is 0.111. The molecule has 1 aliphatic rings. The first-order chi connectivity index (χ1) is 13.9. The second kappa shape index (κ2) is 7.08. The number of Topliss-reactive ketones (excluding diaryl/α,β-unsaturated/α-hetero) is 1. The average Bonchev–Trinajstić information content (AvgIpc) is 3.36. The third-order valence-electron chi connectivity index (χ3n) is 4.29. The van der Waals surface area contributed by atoms with Gasteiger partial charge in [-0.15, -0.1) is 0 Å². The number of hydrogen-bond acceptors (Lipinski definition) is 7. The van der Waals surface area contributed by atoms with Gasteiger partial charge >= 0.3 is 0 Å². The minimum atomic E-state index is -0.521. The molecule has 0 saturated heterocycles. The number of benzene rings is 2.